The van der Waals surface area contributed by atoms with Crippen LogP contribution in [0.1, 0.15) is 69.3 Å². The van der Waals surface area contributed by atoms with Gasteiger partial charge in [0.25, 0.3) is 5.91 Å². The number of aromatic nitrogens is 1. The largest absolute Gasteiger partial charge is 0.379 e. The van der Waals surface area contributed by atoms with Crippen molar-refractivity contribution in [2.75, 3.05) is 32.9 Å². The van der Waals surface area contributed by atoms with Crippen LogP contribution in [0.25, 0.3) is 0 Å². The summed E-state index contributed by atoms with van der Waals surface area (Å²) in [6, 6.07) is 8.22. The summed E-state index contributed by atoms with van der Waals surface area (Å²) in [7, 11) is 0. The molecule has 2 fully saturated rings. The zero-order chi connectivity index (χ0) is 32.6. The summed E-state index contributed by atoms with van der Waals surface area (Å²) in [5.41, 5.74) is 0.00660. The van der Waals surface area contributed by atoms with Gasteiger partial charge in [-0.25, -0.2) is 0 Å². The van der Waals surface area contributed by atoms with Crippen molar-refractivity contribution in [3.8, 4) is 0 Å². The number of nitrogens with one attached hydrogen (secondary N) is 3. The normalized spacial score (nSPS) is 20.3. The Morgan fingerprint density at radius 2 is 1.49 bits per heavy atom. The number of amides is 3. The van der Waals surface area contributed by atoms with Crippen LogP contribution >= 0.6 is 0 Å². The van der Waals surface area contributed by atoms with Crippen LogP contribution in [-0.4, -0.2) is 90.2 Å². The van der Waals surface area contributed by atoms with E-state index in [1.807, 2.05) is 58.0 Å². The van der Waals surface area contributed by atoms with Gasteiger partial charge in [-0.2, -0.15) is 0 Å². The predicted octanol–water partition coefficient (Wildman–Crippen LogP) is 2.27. The number of morpholine rings is 1. The minimum Gasteiger partial charge on any atom is -0.379 e. The number of benzene rings is 1. The SMILES string of the molecule is CC(C)CC(NC(=O)c1cc(CN2CCOCC2)on1)C(=O)N[C@@H](Cc1ccccc1)C(=O)NC(CC(C)C)C(=O)C1(C)CO1. The molecule has 0 spiro atoms. The number of carbonyl (C=O) groups excluding carboxylic acids is 4. The van der Waals surface area contributed by atoms with Crippen molar-refractivity contribution < 1.29 is 33.2 Å². The number of nitrogens with zero attached hydrogens (tertiary/aromatic N) is 2. The second-order valence-corrected chi connectivity index (χ2v) is 13.0. The van der Waals surface area contributed by atoms with Crippen LogP contribution in [-0.2, 0) is 36.8 Å². The summed E-state index contributed by atoms with van der Waals surface area (Å²) in [5, 5.41) is 12.5. The first-order chi connectivity index (χ1) is 21.4. The third kappa shape index (κ3) is 10.2. The predicted molar refractivity (Wildman–Crippen MR) is 166 cm³/mol. The number of hydrogen-bond acceptors (Lipinski definition) is 9. The fourth-order valence-corrected chi connectivity index (χ4v) is 5.33. The Morgan fingerprint density at radius 1 is 0.889 bits per heavy atom. The summed E-state index contributed by atoms with van der Waals surface area (Å²) in [5.74, 6) is -0.965. The Kier molecular flexibility index (Phi) is 11.9. The van der Waals surface area contributed by atoms with Crippen molar-refractivity contribution >= 4 is 23.5 Å². The maximum absolute atomic E-state index is 13.7. The van der Waals surface area contributed by atoms with Gasteiger partial charge in [0, 0.05) is 25.6 Å². The van der Waals surface area contributed by atoms with E-state index in [0.717, 1.165) is 18.7 Å². The molecule has 0 saturated carbocycles. The molecule has 12 nitrogen and oxygen atoms in total. The highest BCUT2D eigenvalue weighted by Crippen LogP contribution is 2.29. The van der Waals surface area contributed by atoms with Gasteiger partial charge in [-0.15, -0.1) is 0 Å². The van der Waals surface area contributed by atoms with Crippen molar-refractivity contribution in [3.05, 3.63) is 53.4 Å². The molecular weight excluding hydrogens is 578 g/mol. The van der Waals surface area contributed by atoms with E-state index in [1.165, 1.54) is 0 Å². The van der Waals surface area contributed by atoms with Crippen LogP contribution in [0.3, 0.4) is 0 Å². The van der Waals surface area contributed by atoms with E-state index < -0.39 is 41.4 Å². The Balaban J connectivity index is 1.47. The van der Waals surface area contributed by atoms with E-state index in [0.29, 0.717) is 45.0 Å². The third-order valence-corrected chi connectivity index (χ3v) is 7.96. The topological polar surface area (TPSA) is 155 Å². The van der Waals surface area contributed by atoms with E-state index in [2.05, 4.69) is 26.0 Å². The van der Waals surface area contributed by atoms with Gasteiger partial charge in [0.05, 0.1) is 32.4 Å². The van der Waals surface area contributed by atoms with Crippen molar-refractivity contribution in [3.63, 3.8) is 0 Å². The van der Waals surface area contributed by atoms with Crippen molar-refractivity contribution in [1.82, 2.24) is 26.0 Å². The molecule has 12 heteroatoms. The smallest absolute Gasteiger partial charge is 0.274 e. The van der Waals surface area contributed by atoms with Gasteiger partial charge in [-0.3, -0.25) is 24.1 Å². The summed E-state index contributed by atoms with van der Waals surface area (Å²) in [4.78, 5) is 56.0. The lowest BCUT2D eigenvalue weighted by atomic mass is 9.93. The Bertz CT molecular complexity index is 1300. The minimum absolute atomic E-state index is 0.0592. The van der Waals surface area contributed by atoms with Crippen LogP contribution in [0.15, 0.2) is 40.9 Å². The maximum Gasteiger partial charge on any atom is 0.274 e. The lowest BCUT2D eigenvalue weighted by Crippen LogP contribution is -2.57. The maximum atomic E-state index is 13.7. The first-order valence-electron chi connectivity index (χ1n) is 15.8. The Morgan fingerprint density at radius 3 is 2.11 bits per heavy atom. The number of hydrogen-bond donors (Lipinski definition) is 3. The molecule has 3 unspecified atom stereocenters. The Hall–Kier alpha value is -3.61. The first kappa shape index (κ1) is 34.3. The van der Waals surface area contributed by atoms with Gasteiger partial charge in [0.2, 0.25) is 11.8 Å². The molecule has 2 saturated heterocycles. The molecule has 246 valence electrons. The van der Waals surface area contributed by atoms with Gasteiger partial charge in [-0.1, -0.05) is 63.2 Å². The number of carbonyl (C=O) groups is 4. The fraction of sp³-hybridized carbons (Fsp3) is 0.606. The zero-order valence-electron chi connectivity index (χ0n) is 27.0. The molecule has 45 heavy (non-hydrogen) atoms. The van der Waals surface area contributed by atoms with Crippen LogP contribution in [0.4, 0.5) is 0 Å². The standard InChI is InChI=1S/C33H47N5O7/c1-21(2)15-25(29(39)33(5)20-44-33)34-31(41)27(17-23-9-7-6-8-10-23)36-30(40)26(16-22(3)4)35-32(42)28-18-24(45-37-28)19-38-11-13-43-14-12-38/h6-10,18,21-22,25-27H,11-17,19-20H2,1-5H3,(H,34,41)(H,35,42)(H,36,40)/t25?,26?,27-,33?/m0/s1. The first-order valence-corrected chi connectivity index (χ1v) is 15.8. The summed E-state index contributed by atoms with van der Waals surface area (Å²) in [6.07, 6.45) is 0.970. The molecule has 1 aromatic heterocycles. The average Bonchev–Trinajstić information content (AvgIpc) is 3.58. The van der Waals surface area contributed by atoms with Crippen LogP contribution in [0.2, 0.25) is 0 Å². The van der Waals surface area contributed by atoms with Crippen molar-refractivity contribution in [2.24, 2.45) is 11.8 Å². The Labute approximate surface area is 264 Å². The molecule has 3 heterocycles. The zero-order valence-corrected chi connectivity index (χ0v) is 27.0. The summed E-state index contributed by atoms with van der Waals surface area (Å²) in [6.45, 7) is 13.2. The highest BCUT2D eigenvalue weighted by atomic mass is 16.6. The van der Waals surface area contributed by atoms with Crippen LogP contribution < -0.4 is 16.0 Å². The van der Waals surface area contributed by atoms with Gasteiger partial charge in [0.1, 0.15) is 17.7 Å². The van der Waals surface area contributed by atoms with Crippen LogP contribution in [0.5, 0.6) is 0 Å². The van der Waals surface area contributed by atoms with E-state index in [1.54, 1.807) is 13.0 Å². The van der Waals surface area contributed by atoms with E-state index >= 15 is 0 Å². The molecule has 3 amide bonds. The second-order valence-electron chi connectivity index (χ2n) is 13.0. The summed E-state index contributed by atoms with van der Waals surface area (Å²) >= 11 is 0. The van der Waals surface area contributed by atoms with Crippen molar-refractivity contribution in [1.29, 1.82) is 0 Å². The van der Waals surface area contributed by atoms with Gasteiger partial charge in [-0.05, 0) is 37.2 Å². The van der Waals surface area contributed by atoms with Gasteiger partial charge in [0.15, 0.2) is 17.2 Å². The third-order valence-electron chi connectivity index (χ3n) is 7.96. The molecule has 2 aliphatic heterocycles. The molecular formula is C33H47N5O7. The van der Waals surface area contributed by atoms with Crippen LogP contribution in [0, 0.1) is 11.8 Å². The molecule has 0 bridgehead atoms. The molecule has 4 rings (SSSR count). The monoisotopic (exact) mass is 625 g/mol. The average molecular weight is 626 g/mol. The summed E-state index contributed by atoms with van der Waals surface area (Å²) < 4.78 is 16.2. The van der Waals surface area contributed by atoms with Gasteiger partial charge < -0.3 is 29.9 Å². The lowest BCUT2D eigenvalue weighted by Gasteiger charge is -2.27. The second kappa shape index (κ2) is 15.6. The van der Waals surface area contributed by atoms with E-state index in [9.17, 15) is 19.2 Å². The molecule has 2 aliphatic rings. The highest BCUT2D eigenvalue weighted by molar-refractivity contribution is 5.99. The molecule has 2 aromatic rings. The molecule has 4 atom stereocenters. The molecule has 0 aliphatic carbocycles. The number of ether oxygens (including phenoxy) is 2. The van der Waals surface area contributed by atoms with Gasteiger partial charge >= 0.3 is 0 Å². The number of epoxide rings is 1. The molecule has 0 radical (unpaired) electrons. The fourth-order valence-electron chi connectivity index (χ4n) is 5.33. The quantitative estimate of drug-likeness (QED) is 0.238. The van der Waals surface area contributed by atoms with E-state index in [4.69, 9.17) is 14.0 Å². The van der Waals surface area contributed by atoms with Crippen molar-refractivity contribution in [2.45, 2.75) is 84.2 Å². The number of Topliss-reactive ketones (excluding diaryl/α,β-unsaturated/α-hetero) is 1. The lowest BCUT2D eigenvalue weighted by molar-refractivity contribution is -0.133. The molecule has 1 aromatic carbocycles. The number of rotatable bonds is 16. The number of ketones is 1. The highest BCUT2D eigenvalue weighted by Gasteiger charge is 2.50. The molecule has 3 N–H and O–H groups in total. The van der Waals surface area contributed by atoms with E-state index in [-0.39, 0.29) is 29.7 Å². The minimum atomic E-state index is -0.992.